The zero-order valence-corrected chi connectivity index (χ0v) is 11.2. The summed E-state index contributed by atoms with van der Waals surface area (Å²) >= 11 is 0. The van der Waals surface area contributed by atoms with Gasteiger partial charge >= 0.3 is 5.97 Å². The smallest absolute Gasteiger partial charge is 0.306 e. The summed E-state index contributed by atoms with van der Waals surface area (Å²) < 4.78 is 18.6. The van der Waals surface area contributed by atoms with E-state index in [0.717, 1.165) is 25.2 Å². The Balaban J connectivity index is 1.61. The Kier molecular flexibility index (Phi) is 3.48. The molecule has 1 unspecified atom stereocenters. The largest absolute Gasteiger partial charge is 0.481 e. The molecule has 2 heterocycles. The molecule has 20 heavy (non-hydrogen) atoms. The molecular formula is C15H18FNO3. The van der Waals surface area contributed by atoms with Crippen molar-refractivity contribution in [1.82, 2.24) is 4.90 Å². The van der Waals surface area contributed by atoms with E-state index in [4.69, 9.17) is 9.84 Å². The molecule has 0 radical (unpaired) electrons. The van der Waals surface area contributed by atoms with E-state index >= 15 is 0 Å². The zero-order valence-electron chi connectivity index (χ0n) is 11.2. The van der Waals surface area contributed by atoms with E-state index in [1.807, 2.05) is 0 Å². The predicted molar refractivity (Wildman–Crippen MR) is 70.8 cm³/mol. The lowest BCUT2D eigenvalue weighted by Gasteiger charge is -2.32. The number of benzene rings is 1. The van der Waals surface area contributed by atoms with Crippen molar-refractivity contribution in [2.45, 2.75) is 18.4 Å². The van der Waals surface area contributed by atoms with Gasteiger partial charge in [-0.15, -0.1) is 0 Å². The fourth-order valence-electron chi connectivity index (χ4n) is 2.89. The van der Waals surface area contributed by atoms with Gasteiger partial charge in [-0.1, -0.05) is 12.1 Å². The maximum absolute atomic E-state index is 13.0. The number of carboxylic acid groups (broad SMARTS) is 1. The van der Waals surface area contributed by atoms with Gasteiger partial charge in [0.25, 0.3) is 0 Å². The highest BCUT2D eigenvalue weighted by Gasteiger charge is 2.48. The molecule has 2 saturated heterocycles. The van der Waals surface area contributed by atoms with E-state index in [1.54, 1.807) is 12.1 Å². The molecule has 1 aromatic rings. The van der Waals surface area contributed by atoms with E-state index in [1.165, 1.54) is 12.1 Å². The topological polar surface area (TPSA) is 53.1 Å². The van der Waals surface area contributed by atoms with Crippen molar-refractivity contribution in [2.75, 3.05) is 26.2 Å². The van der Waals surface area contributed by atoms with Gasteiger partial charge in [0, 0.05) is 6.54 Å². The third kappa shape index (κ3) is 2.69. The standard InChI is InChI=1S/C15H18FNO3/c16-13-3-1-12(2-4-13)15(10-20-15)9-17-7-5-11(6-8-17)14(18)19/h1-4,11H,5-10H2,(H,18,19). The lowest BCUT2D eigenvalue weighted by molar-refractivity contribution is -0.143. The van der Waals surface area contributed by atoms with Crippen LogP contribution in [-0.2, 0) is 15.1 Å². The van der Waals surface area contributed by atoms with Gasteiger partial charge in [-0.05, 0) is 43.6 Å². The zero-order chi connectivity index (χ0) is 14.2. The van der Waals surface area contributed by atoms with Gasteiger partial charge in [0.2, 0.25) is 0 Å². The van der Waals surface area contributed by atoms with Crippen LogP contribution in [0.4, 0.5) is 4.39 Å². The third-order valence-corrected chi connectivity index (χ3v) is 4.28. The number of aliphatic carboxylic acids is 1. The molecule has 2 aliphatic rings. The molecule has 0 bridgehead atoms. The molecule has 0 saturated carbocycles. The lowest BCUT2D eigenvalue weighted by atomic mass is 9.94. The van der Waals surface area contributed by atoms with Crippen LogP contribution in [0.3, 0.4) is 0 Å². The molecule has 0 aromatic heterocycles. The van der Waals surface area contributed by atoms with Crippen LogP contribution in [0.1, 0.15) is 18.4 Å². The summed E-state index contributed by atoms with van der Waals surface area (Å²) in [5.74, 6) is -1.15. The first kappa shape index (κ1) is 13.5. The van der Waals surface area contributed by atoms with Gasteiger partial charge in [0.15, 0.2) is 0 Å². The average Bonchev–Trinajstić information content (AvgIpc) is 3.21. The first-order valence-corrected chi connectivity index (χ1v) is 6.94. The number of piperidine rings is 1. The van der Waals surface area contributed by atoms with Gasteiger partial charge < -0.3 is 9.84 Å². The van der Waals surface area contributed by atoms with Crippen molar-refractivity contribution >= 4 is 5.97 Å². The fourth-order valence-corrected chi connectivity index (χ4v) is 2.89. The maximum Gasteiger partial charge on any atom is 0.306 e. The predicted octanol–water partition coefficient (Wildman–Crippen LogP) is 1.85. The molecule has 0 aliphatic carbocycles. The van der Waals surface area contributed by atoms with Crippen molar-refractivity contribution in [1.29, 1.82) is 0 Å². The van der Waals surface area contributed by atoms with Crippen molar-refractivity contribution in [3.63, 3.8) is 0 Å². The van der Waals surface area contributed by atoms with Crippen LogP contribution in [0.2, 0.25) is 0 Å². The van der Waals surface area contributed by atoms with Gasteiger partial charge in [0.05, 0.1) is 12.5 Å². The molecule has 1 aromatic carbocycles. The van der Waals surface area contributed by atoms with Crippen molar-refractivity contribution in [3.8, 4) is 0 Å². The second-order valence-electron chi connectivity index (χ2n) is 5.68. The van der Waals surface area contributed by atoms with Crippen LogP contribution in [0.5, 0.6) is 0 Å². The number of halogens is 1. The number of nitrogens with zero attached hydrogens (tertiary/aromatic N) is 1. The van der Waals surface area contributed by atoms with Crippen LogP contribution in [-0.4, -0.2) is 42.2 Å². The number of likely N-dealkylation sites (tertiary alicyclic amines) is 1. The number of rotatable bonds is 4. The summed E-state index contributed by atoms with van der Waals surface area (Å²) in [4.78, 5) is 13.2. The fraction of sp³-hybridized carbons (Fsp3) is 0.533. The third-order valence-electron chi connectivity index (χ3n) is 4.28. The Bertz CT molecular complexity index is 490. The summed E-state index contributed by atoms with van der Waals surface area (Å²) in [6.07, 6.45) is 1.38. The van der Waals surface area contributed by atoms with E-state index in [9.17, 15) is 9.18 Å². The van der Waals surface area contributed by atoms with E-state index in [2.05, 4.69) is 4.90 Å². The number of hydrogen-bond donors (Lipinski definition) is 1. The van der Waals surface area contributed by atoms with E-state index in [-0.39, 0.29) is 17.3 Å². The van der Waals surface area contributed by atoms with Crippen LogP contribution in [0.15, 0.2) is 24.3 Å². The molecule has 1 atom stereocenters. The number of epoxide rings is 1. The molecule has 3 rings (SSSR count). The molecule has 1 N–H and O–H groups in total. The van der Waals surface area contributed by atoms with Crippen LogP contribution < -0.4 is 0 Å². The molecule has 4 nitrogen and oxygen atoms in total. The second-order valence-corrected chi connectivity index (χ2v) is 5.68. The maximum atomic E-state index is 13.0. The molecule has 0 amide bonds. The first-order chi connectivity index (χ1) is 9.59. The number of carbonyl (C=O) groups is 1. The van der Waals surface area contributed by atoms with E-state index in [0.29, 0.717) is 19.4 Å². The Labute approximate surface area is 117 Å². The quantitative estimate of drug-likeness (QED) is 0.855. The number of hydrogen-bond acceptors (Lipinski definition) is 3. The van der Waals surface area contributed by atoms with Gasteiger partial charge in [-0.25, -0.2) is 4.39 Å². The van der Waals surface area contributed by atoms with Crippen LogP contribution in [0, 0.1) is 11.7 Å². The van der Waals surface area contributed by atoms with Crippen LogP contribution >= 0.6 is 0 Å². The summed E-state index contributed by atoms with van der Waals surface area (Å²) in [7, 11) is 0. The highest BCUT2D eigenvalue weighted by Crippen LogP contribution is 2.40. The molecule has 108 valence electrons. The van der Waals surface area contributed by atoms with E-state index < -0.39 is 5.97 Å². The Morgan fingerprint density at radius 3 is 2.45 bits per heavy atom. The highest BCUT2D eigenvalue weighted by molar-refractivity contribution is 5.70. The highest BCUT2D eigenvalue weighted by atomic mass is 19.1. The van der Waals surface area contributed by atoms with Gasteiger partial charge in [-0.2, -0.15) is 0 Å². The Morgan fingerprint density at radius 2 is 1.95 bits per heavy atom. The SMILES string of the molecule is O=C(O)C1CCN(CC2(c3ccc(F)cc3)CO2)CC1. The molecule has 5 heteroatoms. The summed E-state index contributed by atoms with van der Waals surface area (Å²) in [6.45, 7) is 2.97. The monoisotopic (exact) mass is 279 g/mol. The molecular weight excluding hydrogens is 261 g/mol. The van der Waals surface area contributed by atoms with Gasteiger partial charge in [0.1, 0.15) is 11.4 Å². The minimum absolute atomic E-state index is 0.215. The Morgan fingerprint density at radius 1 is 1.35 bits per heavy atom. The summed E-state index contributed by atoms with van der Waals surface area (Å²) in [5.41, 5.74) is 0.684. The molecule has 0 spiro atoms. The first-order valence-electron chi connectivity index (χ1n) is 6.94. The van der Waals surface area contributed by atoms with Crippen molar-refractivity contribution in [2.24, 2.45) is 5.92 Å². The summed E-state index contributed by atoms with van der Waals surface area (Å²) in [5, 5.41) is 8.99. The second kappa shape index (κ2) is 5.14. The minimum atomic E-state index is -0.694. The number of ether oxygens (including phenoxy) is 1. The Hall–Kier alpha value is -1.46. The van der Waals surface area contributed by atoms with Crippen molar-refractivity contribution in [3.05, 3.63) is 35.6 Å². The lowest BCUT2D eigenvalue weighted by Crippen LogP contribution is -2.41. The van der Waals surface area contributed by atoms with Crippen molar-refractivity contribution < 1.29 is 19.0 Å². The average molecular weight is 279 g/mol. The normalized spacial score (nSPS) is 27.4. The molecule has 2 aliphatic heterocycles. The molecule has 2 fully saturated rings. The minimum Gasteiger partial charge on any atom is -0.481 e. The number of carboxylic acids is 1. The van der Waals surface area contributed by atoms with Crippen LogP contribution in [0.25, 0.3) is 0 Å². The summed E-state index contributed by atoms with van der Waals surface area (Å²) in [6, 6.07) is 6.45. The van der Waals surface area contributed by atoms with Gasteiger partial charge in [-0.3, -0.25) is 9.69 Å².